The second-order valence-corrected chi connectivity index (χ2v) is 11.0. The maximum absolute atomic E-state index is 13.6. The van der Waals surface area contributed by atoms with Crippen molar-refractivity contribution in [3.8, 4) is 0 Å². The Hall–Kier alpha value is -2.59. The summed E-state index contributed by atoms with van der Waals surface area (Å²) in [6.45, 7) is 2.43. The molecule has 2 aliphatic heterocycles. The second kappa shape index (κ2) is 10.4. The quantitative estimate of drug-likeness (QED) is 0.336. The van der Waals surface area contributed by atoms with E-state index >= 15 is 0 Å². The summed E-state index contributed by atoms with van der Waals surface area (Å²) in [6.07, 6.45) is 4.55. The van der Waals surface area contributed by atoms with E-state index in [1.165, 1.54) is 24.8 Å². The third kappa shape index (κ3) is 5.86. The number of benzene rings is 1. The Morgan fingerprint density at radius 2 is 1.72 bits per heavy atom. The molecule has 0 radical (unpaired) electrons. The van der Waals surface area contributed by atoms with Crippen LogP contribution < -0.4 is 19.8 Å². The largest absolute Gasteiger partial charge is 0.395 e. The zero-order valence-corrected chi connectivity index (χ0v) is 21.1. The molecule has 3 heterocycles. The van der Waals surface area contributed by atoms with Crippen LogP contribution in [0, 0.1) is 5.41 Å². The van der Waals surface area contributed by atoms with E-state index in [1.54, 1.807) is 18.2 Å². The van der Waals surface area contributed by atoms with Gasteiger partial charge < -0.3 is 24.9 Å². The molecule has 2 saturated heterocycles. The lowest BCUT2D eigenvalue weighted by atomic mass is 9.93. The molecule has 1 aromatic carbocycles. The molecule has 36 heavy (non-hydrogen) atoms. The number of anilines is 4. The number of aliphatic hydroxyl groups excluding tert-OH is 1. The first-order valence-electron chi connectivity index (χ1n) is 12.7. The van der Waals surface area contributed by atoms with E-state index in [9.17, 15) is 13.6 Å². The number of nitrogens with zero attached hydrogens (tertiary/aromatic N) is 3. The number of piperidine rings is 2. The molecule has 10 heteroatoms. The molecule has 5 rings (SSSR count). The summed E-state index contributed by atoms with van der Waals surface area (Å²) in [5.74, 6) is -1.83. The topological polar surface area (TPSA) is 80.7 Å². The van der Waals surface area contributed by atoms with Crippen LogP contribution in [0.4, 0.5) is 31.7 Å². The number of hydrogen-bond acceptors (Lipinski definition) is 7. The van der Waals surface area contributed by atoms with E-state index in [2.05, 4.69) is 19.9 Å². The predicted octanol–water partition coefficient (Wildman–Crippen LogP) is 5.00. The fraction of sp³-hybridized carbons (Fsp3) is 0.538. The van der Waals surface area contributed by atoms with E-state index < -0.39 is 5.92 Å². The molecule has 1 aliphatic carbocycles. The molecule has 0 bridgehead atoms. The number of aliphatic hydroxyl groups is 1. The van der Waals surface area contributed by atoms with Crippen molar-refractivity contribution >= 4 is 40.7 Å². The molecule has 0 unspecified atom stereocenters. The molecule has 2 aromatic rings. The molecule has 7 nitrogen and oxygen atoms in total. The SMILES string of the molecule is O=C(Nc1ccc(NSCCO)cc1N1CCC2(CC1)CC2)c1cccc(N2CCC(F)(F)CC2)n1. The van der Waals surface area contributed by atoms with Crippen LogP contribution in [-0.4, -0.2) is 60.5 Å². The second-order valence-electron chi connectivity index (χ2n) is 10.1. The van der Waals surface area contributed by atoms with Crippen LogP contribution in [0.5, 0.6) is 0 Å². The standard InChI is InChI=1S/C26H33F2N5O2S/c27-26(28)10-14-33(15-11-26)23-3-1-2-21(29-23)24(35)30-20-5-4-19(31-36-17-16-34)18-22(20)32-12-8-25(6-7-25)9-13-32/h1-5,18,31,34H,6-17H2,(H,30,35). The average Bonchev–Trinajstić information content (AvgIpc) is 3.64. The minimum Gasteiger partial charge on any atom is -0.395 e. The molecule has 1 amide bonds. The van der Waals surface area contributed by atoms with Gasteiger partial charge in [0.15, 0.2) is 0 Å². The van der Waals surface area contributed by atoms with Gasteiger partial charge in [0.25, 0.3) is 11.8 Å². The summed E-state index contributed by atoms with van der Waals surface area (Å²) < 4.78 is 30.4. The van der Waals surface area contributed by atoms with E-state index in [-0.39, 0.29) is 44.1 Å². The number of hydrogen-bond donors (Lipinski definition) is 3. The van der Waals surface area contributed by atoms with Crippen molar-refractivity contribution < 1.29 is 18.7 Å². The van der Waals surface area contributed by atoms with Crippen molar-refractivity contribution in [2.45, 2.75) is 44.4 Å². The van der Waals surface area contributed by atoms with Gasteiger partial charge in [-0.25, -0.2) is 13.8 Å². The molecule has 3 aliphatic rings. The third-order valence-corrected chi connectivity index (χ3v) is 8.30. The van der Waals surface area contributed by atoms with Crippen molar-refractivity contribution in [2.24, 2.45) is 5.41 Å². The van der Waals surface area contributed by atoms with Crippen LogP contribution >= 0.6 is 11.9 Å². The molecule has 194 valence electrons. The van der Waals surface area contributed by atoms with Gasteiger partial charge >= 0.3 is 0 Å². The number of rotatable bonds is 8. The minimum absolute atomic E-state index is 0.0960. The summed E-state index contributed by atoms with van der Waals surface area (Å²) in [7, 11) is 0. The Balaban J connectivity index is 1.32. The molecule has 3 fully saturated rings. The summed E-state index contributed by atoms with van der Waals surface area (Å²) in [6, 6.07) is 11.0. The normalized spacial score (nSPS) is 20.3. The lowest BCUT2D eigenvalue weighted by Crippen LogP contribution is -2.39. The zero-order valence-electron chi connectivity index (χ0n) is 20.3. The lowest BCUT2D eigenvalue weighted by molar-refractivity contribution is -0.0221. The highest BCUT2D eigenvalue weighted by Crippen LogP contribution is 2.54. The number of alkyl halides is 2. The number of amides is 1. The van der Waals surface area contributed by atoms with Gasteiger partial charge in [-0.1, -0.05) is 18.0 Å². The van der Waals surface area contributed by atoms with Crippen molar-refractivity contribution in [1.29, 1.82) is 0 Å². The number of pyridine rings is 1. The maximum atomic E-state index is 13.6. The number of carbonyl (C=O) groups is 1. The molecular formula is C26H33F2N5O2S. The summed E-state index contributed by atoms with van der Waals surface area (Å²) in [5, 5.41) is 12.1. The molecule has 1 saturated carbocycles. The minimum atomic E-state index is -2.63. The van der Waals surface area contributed by atoms with Crippen LogP contribution in [0.1, 0.15) is 49.0 Å². The fourth-order valence-electron chi connectivity index (χ4n) is 5.02. The first kappa shape index (κ1) is 25.1. The Kier molecular flexibility index (Phi) is 7.25. The smallest absolute Gasteiger partial charge is 0.274 e. The van der Waals surface area contributed by atoms with Gasteiger partial charge in [0.1, 0.15) is 11.5 Å². The van der Waals surface area contributed by atoms with E-state index in [0.717, 1.165) is 37.3 Å². The van der Waals surface area contributed by atoms with Crippen molar-refractivity contribution in [2.75, 3.05) is 58.4 Å². The van der Waals surface area contributed by atoms with Crippen molar-refractivity contribution in [3.05, 3.63) is 42.1 Å². The van der Waals surface area contributed by atoms with E-state index in [1.807, 2.05) is 23.1 Å². The highest BCUT2D eigenvalue weighted by atomic mass is 32.2. The van der Waals surface area contributed by atoms with Crippen LogP contribution in [0.2, 0.25) is 0 Å². The Morgan fingerprint density at radius 3 is 2.42 bits per heavy atom. The molecule has 3 N–H and O–H groups in total. The maximum Gasteiger partial charge on any atom is 0.274 e. The highest BCUT2D eigenvalue weighted by Gasteiger charge is 2.44. The highest BCUT2D eigenvalue weighted by molar-refractivity contribution is 8.00. The molecule has 1 spiro atoms. The number of halogens is 2. The number of nitrogens with one attached hydrogen (secondary N) is 2. The van der Waals surface area contributed by atoms with Gasteiger partial charge in [-0.3, -0.25) is 4.79 Å². The van der Waals surface area contributed by atoms with Crippen molar-refractivity contribution in [1.82, 2.24) is 4.98 Å². The Morgan fingerprint density at radius 1 is 1.00 bits per heavy atom. The lowest BCUT2D eigenvalue weighted by Gasteiger charge is -2.35. The van der Waals surface area contributed by atoms with Gasteiger partial charge in [-0.15, -0.1) is 0 Å². The molecule has 0 atom stereocenters. The molecular weight excluding hydrogens is 484 g/mol. The fourth-order valence-corrected chi connectivity index (χ4v) is 5.50. The predicted molar refractivity (Wildman–Crippen MR) is 141 cm³/mol. The third-order valence-electron chi connectivity index (χ3n) is 7.54. The van der Waals surface area contributed by atoms with Gasteiger partial charge in [0.2, 0.25) is 0 Å². The van der Waals surface area contributed by atoms with Gasteiger partial charge in [-0.2, -0.15) is 0 Å². The van der Waals surface area contributed by atoms with E-state index in [0.29, 0.717) is 22.7 Å². The van der Waals surface area contributed by atoms with Gasteiger partial charge in [0, 0.05) is 50.5 Å². The Bertz CT molecular complexity index is 1080. The van der Waals surface area contributed by atoms with E-state index in [4.69, 9.17) is 5.11 Å². The summed E-state index contributed by atoms with van der Waals surface area (Å²) >= 11 is 1.44. The average molecular weight is 518 g/mol. The van der Waals surface area contributed by atoms with Crippen LogP contribution in [0.3, 0.4) is 0 Å². The van der Waals surface area contributed by atoms with Crippen molar-refractivity contribution in [3.63, 3.8) is 0 Å². The number of aromatic nitrogens is 1. The van der Waals surface area contributed by atoms with Gasteiger partial charge in [-0.05, 0) is 61.4 Å². The monoisotopic (exact) mass is 517 g/mol. The first-order chi connectivity index (χ1) is 17.4. The number of carbonyl (C=O) groups excluding carboxylic acids is 1. The van der Waals surface area contributed by atoms with Crippen LogP contribution in [0.25, 0.3) is 0 Å². The Labute approximate surface area is 214 Å². The summed E-state index contributed by atoms with van der Waals surface area (Å²) in [5.41, 5.74) is 3.38. The van der Waals surface area contributed by atoms with Crippen LogP contribution in [0.15, 0.2) is 36.4 Å². The zero-order chi connectivity index (χ0) is 25.2. The van der Waals surface area contributed by atoms with Crippen LogP contribution in [-0.2, 0) is 0 Å². The van der Waals surface area contributed by atoms with Gasteiger partial charge in [0.05, 0.1) is 18.0 Å². The summed E-state index contributed by atoms with van der Waals surface area (Å²) in [4.78, 5) is 21.9. The first-order valence-corrected chi connectivity index (χ1v) is 13.6. The molecule has 1 aromatic heterocycles.